The van der Waals surface area contributed by atoms with Gasteiger partial charge in [-0.15, -0.1) is 30.0 Å². The number of halogens is 4. The second-order valence-electron chi connectivity index (χ2n) is 22.5. The van der Waals surface area contributed by atoms with E-state index in [0.717, 1.165) is 53.6 Å². The monoisotopic (exact) mass is 995 g/mol. The van der Waals surface area contributed by atoms with E-state index in [4.69, 9.17) is 16.3 Å². The van der Waals surface area contributed by atoms with Crippen LogP contribution in [0, 0.1) is 11.3 Å². The topological polar surface area (TPSA) is 128 Å². The Labute approximate surface area is 421 Å². The molecule has 7 aromatic rings. The summed E-state index contributed by atoms with van der Waals surface area (Å²) in [6, 6.07) is 26.2. The Kier molecular flexibility index (Phi) is 16.4. The van der Waals surface area contributed by atoms with Crippen LogP contribution in [0.2, 0.25) is 5.02 Å². The Morgan fingerprint density at radius 3 is 1.82 bits per heavy atom. The highest BCUT2D eigenvalue weighted by atomic mass is 35.5. The van der Waals surface area contributed by atoms with Crippen molar-refractivity contribution in [2.75, 3.05) is 6.61 Å². The molecule has 71 heavy (non-hydrogen) atoms. The molecule has 0 fully saturated rings. The zero-order chi connectivity index (χ0) is 52.3. The number of unbranched alkanes of at least 4 members (excludes halogenated alkanes) is 2. The van der Waals surface area contributed by atoms with E-state index in [2.05, 4.69) is 68.9 Å². The highest BCUT2D eigenvalue weighted by Gasteiger charge is 2.35. The van der Waals surface area contributed by atoms with Gasteiger partial charge in [0.25, 0.3) is 0 Å². The van der Waals surface area contributed by atoms with Gasteiger partial charge in [-0.3, -0.25) is 4.79 Å². The van der Waals surface area contributed by atoms with E-state index in [9.17, 15) is 28.2 Å². The standard InChI is InChI=1S/C30H34F3N3O.C27H36ClN3O3/c1-27(2,3)18-28(4,5)21-15-22(29(6,7)19-11-9-8-10-12-19)26(37)25(17-21)36-34-23-14-13-20(30(31,32)33)16-24(23)35-36;1-18(2)9-7-6-8-14-34-25(32)13-10-19-15-21(27(3,4)5)26(33)24(16-19)31-29-22-12-11-20(28)17-23(22)30-31/h8-17,37H,18H2,1-7H3;11-12,15-18,33H,6-10,13-14H2,1-5H3. The van der Waals surface area contributed by atoms with Crippen molar-refractivity contribution in [2.24, 2.45) is 11.3 Å². The lowest BCUT2D eigenvalue weighted by molar-refractivity contribution is -0.143. The van der Waals surface area contributed by atoms with E-state index in [1.165, 1.54) is 28.5 Å². The van der Waals surface area contributed by atoms with Gasteiger partial charge in [0.2, 0.25) is 0 Å². The Morgan fingerprint density at radius 1 is 0.648 bits per heavy atom. The van der Waals surface area contributed by atoms with Crippen LogP contribution in [0.5, 0.6) is 11.5 Å². The number of hydrogen-bond donors (Lipinski definition) is 2. The van der Waals surface area contributed by atoms with Crippen molar-refractivity contribution in [2.45, 2.75) is 150 Å². The first-order chi connectivity index (χ1) is 33.0. The molecule has 0 radical (unpaired) electrons. The number of aromatic hydroxyl groups is 2. The molecule has 0 saturated heterocycles. The Morgan fingerprint density at radius 2 is 1.23 bits per heavy atom. The molecule has 7 rings (SSSR count). The van der Waals surface area contributed by atoms with Crippen LogP contribution in [0.3, 0.4) is 0 Å². The molecule has 0 aliphatic rings. The molecule has 2 N–H and O–H groups in total. The molecular weight excluding hydrogens is 925 g/mol. The largest absolute Gasteiger partial charge is 0.505 e. The smallest absolute Gasteiger partial charge is 0.416 e. The van der Waals surface area contributed by atoms with Crippen molar-refractivity contribution in [1.29, 1.82) is 0 Å². The fourth-order valence-corrected chi connectivity index (χ4v) is 9.32. The molecule has 380 valence electrons. The van der Waals surface area contributed by atoms with Crippen LogP contribution >= 0.6 is 11.6 Å². The lowest BCUT2D eigenvalue weighted by atomic mass is 9.70. The van der Waals surface area contributed by atoms with E-state index in [1.54, 1.807) is 18.2 Å². The first-order valence-electron chi connectivity index (χ1n) is 24.5. The van der Waals surface area contributed by atoms with Gasteiger partial charge in [0.05, 0.1) is 12.2 Å². The highest BCUT2D eigenvalue weighted by molar-refractivity contribution is 6.31. The summed E-state index contributed by atoms with van der Waals surface area (Å²) in [7, 11) is 0. The number of aryl methyl sites for hydroxylation is 1. The number of rotatable bonds is 15. The quantitative estimate of drug-likeness (QED) is 0.0768. The van der Waals surface area contributed by atoms with Crippen LogP contribution in [0.4, 0.5) is 13.2 Å². The van der Waals surface area contributed by atoms with Gasteiger partial charge in [0, 0.05) is 28.0 Å². The van der Waals surface area contributed by atoms with Crippen molar-refractivity contribution >= 4 is 39.6 Å². The molecule has 0 bridgehead atoms. The van der Waals surface area contributed by atoms with Gasteiger partial charge < -0.3 is 14.9 Å². The van der Waals surface area contributed by atoms with E-state index in [1.807, 2.05) is 89.2 Å². The summed E-state index contributed by atoms with van der Waals surface area (Å²) >= 11 is 6.09. The number of alkyl halides is 3. The van der Waals surface area contributed by atoms with Crippen LogP contribution in [-0.2, 0) is 38.4 Å². The van der Waals surface area contributed by atoms with Crippen LogP contribution in [0.1, 0.15) is 155 Å². The molecule has 0 aliphatic carbocycles. The van der Waals surface area contributed by atoms with E-state index < -0.39 is 17.2 Å². The second-order valence-corrected chi connectivity index (χ2v) is 23.0. The molecule has 14 heteroatoms. The van der Waals surface area contributed by atoms with Crippen molar-refractivity contribution in [3.63, 3.8) is 0 Å². The minimum absolute atomic E-state index is 0.000475. The van der Waals surface area contributed by atoms with Gasteiger partial charge in [0.1, 0.15) is 44.9 Å². The number of ether oxygens (including phenoxy) is 1. The number of hydrogen-bond acceptors (Lipinski definition) is 8. The van der Waals surface area contributed by atoms with Gasteiger partial charge in [-0.2, -0.15) is 13.2 Å². The van der Waals surface area contributed by atoms with Crippen LogP contribution in [0.25, 0.3) is 33.4 Å². The lowest BCUT2D eigenvalue weighted by Gasteiger charge is -2.35. The summed E-state index contributed by atoms with van der Waals surface area (Å²) in [4.78, 5) is 15.0. The molecular formula is C57H70ClF3N6O4. The Bertz CT molecular complexity index is 2960. The maximum Gasteiger partial charge on any atom is 0.416 e. The highest BCUT2D eigenvalue weighted by Crippen LogP contribution is 2.45. The summed E-state index contributed by atoms with van der Waals surface area (Å²) in [5, 5.41) is 41.0. The molecule has 10 nitrogen and oxygen atoms in total. The molecule has 2 heterocycles. The second kappa shape index (κ2) is 21.4. The van der Waals surface area contributed by atoms with Gasteiger partial charge in [-0.1, -0.05) is 156 Å². The van der Waals surface area contributed by atoms with Gasteiger partial charge in [-0.25, -0.2) is 0 Å². The summed E-state index contributed by atoms with van der Waals surface area (Å²) in [5.74, 6) is 0.643. The molecule has 0 atom stereocenters. The minimum Gasteiger partial charge on any atom is -0.505 e. The van der Waals surface area contributed by atoms with E-state index in [-0.39, 0.29) is 45.7 Å². The predicted octanol–water partition coefficient (Wildman–Crippen LogP) is 15.0. The van der Waals surface area contributed by atoms with Crippen LogP contribution < -0.4 is 0 Å². The first-order valence-corrected chi connectivity index (χ1v) is 24.8. The predicted molar refractivity (Wildman–Crippen MR) is 278 cm³/mol. The maximum absolute atomic E-state index is 13.3. The fourth-order valence-electron chi connectivity index (χ4n) is 9.15. The van der Waals surface area contributed by atoms with Crippen LogP contribution in [0.15, 0.2) is 91.0 Å². The number of aromatic nitrogens is 6. The molecule has 2 aromatic heterocycles. The number of benzene rings is 5. The molecule has 0 aliphatic heterocycles. The number of phenolic OH excluding ortho intramolecular Hbond substituents is 2. The van der Waals surface area contributed by atoms with Gasteiger partial charge in [0.15, 0.2) is 0 Å². The normalized spacial score (nSPS) is 12.7. The van der Waals surface area contributed by atoms with Crippen molar-refractivity contribution < 1.29 is 32.9 Å². The third-order valence-electron chi connectivity index (χ3n) is 12.8. The average Bonchev–Trinajstić information content (AvgIpc) is 3.90. The molecule has 0 saturated carbocycles. The molecule has 0 amide bonds. The van der Waals surface area contributed by atoms with Gasteiger partial charge >= 0.3 is 12.1 Å². The first kappa shape index (κ1) is 54.4. The number of nitrogens with zero attached hydrogens (tertiary/aromatic N) is 6. The SMILES string of the molecule is CC(C)(C)CC(C)(C)c1cc(-n2nc3ccc(C(F)(F)F)cc3n2)c(O)c(C(C)(C)c2ccccc2)c1.CC(C)CCCCCOC(=O)CCc1cc(-n2nc3ccc(Cl)cc3n2)c(O)c(C(C)(C)C)c1. The Balaban J connectivity index is 0.000000233. The van der Waals surface area contributed by atoms with Crippen LogP contribution in [-0.4, -0.2) is 52.8 Å². The minimum atomic E-state index is -4.48. The lowest BCUT2D eigenvalue weighted by Crippen LogP contribution is -2.27. The van der Waals surface area contributed by atoms with Crippen molar-refractivity contribution in [1.82, 2.24) is 30.0 Å². The molecule has 5 aromatic carbocycles. The zero-order valence-electron chi connectivity index (χ0n) is 43.3. The summed E-state index contributed by atoms with van der Waals surface area (Å²) in [6.07, 6.45) is 1.54. The van der Waals surface area contributed by atoms with Gasteiger partial charge in [-0.05, 0) is 107 Å². The zero-order valence-corrected chi connectivity index (χ0v) is 44.1. The number of carbonyl (C=O) groups is 1. The fraction of sp³-hybridized carbons (Fsp3) is 0.456. The molecule has 0 unspecified atom stereocenters. The number of fused-ring (bicyclic) bond motifs is 2. The third kappa shape index (κ3) is 13.7. The number of phenols is 2. The summed E-state index contributed by atoms with van der Waals surface area (Å²) in [5.41, 5.74) is 5.10. The Hall–Kier alpha value is -5.95. The van der Waals surface area contributed by atoms with E-state index in [0.29, 0.717) is 57.5 Å². The summed E-state index contributed by atoms with van der Waals surface area (Å²) in [6.45, 7) is 26.0. The third-order valence-corrected chi connectivity index (χ3v) is 13.0. The summed E-state index contributed by atoms with van der Waals surface area (Å²) < 4.78 is 45.3. The number of carbonyl (C=O) groups excluding carboxylic acids is 1. The van der Waals surface area contributed by atoms with Crippen molar-refractivity contribution in [3.05, 3.63) is 129 Å². The van der Waals surface area contributed by atoms with Crippen molar-refractivity contribution in [3.8, 4) is 22.9 Å². The maximum atomic E-state index is 13.3. The molecule has 0 spiro atoms. The number of esters is 1. The van der Waals surface area contributed by atoms with E-state index >= 15 is 0 Å². The average molecular weight is 996 g/mol.